The third-order valence-electron chi connectivity index (χ3n) is 6.73. The summed E-state index contributed by atoms with van der Waals surface area (Å²) in [6, 6.07) is 10.9. The first kappa shape index (κ1) is 20.4. The Kier molecular flexibility index (Phi) is 5.19. The highest BCUT2D eigenvalue weighted by molar-refractivity contribution is 7.89. The summed E-state index contributed by atoms with van der Waals surface area (Å²) in [5.41, 5.74) is 3.91. The van der Waals surface area contributed by atoms with Gasteiger partial charge in [-0.25, -0.2) is 13.1 Å². The molecule has 8 nitrogen and oxygen atoms in total. The Labute approximate surface area is 182 Å². The van der Waals surface area contributed by atoms with Gasteiger partial charge in [-0.15, -0.1) is 0 Å². The maximum Gasteiger partial charge on any atom is 0.243 e. The lowest BCUT2D eigenvalue weighted by molar-refractivity contribution is 0.157. The summed E-state index contributed by atoms with van der Waals surface area (Å²) in [5.74, 6) is 0. The molecule has 164 valence electrons. The van der Waals surface area contributed by atoms with Crippen molar-refractivity contribution in [2.75, 3.05) is 13.1 Å². The van der Waals surface area contributed by atoms with E-state index < -0.39 is 10.0 Å². The first-order chi connectivity index (χ1) is 15.0. The summed E-state index contributed by atoms with van der Waals surface area (Å²) in [6.07, 6.45) is 9.27. The monoisotopic (exact) mass is 440 g/mol. The zero-order chi connectivity index (χ0) is 21.5. The fourth-order valence-corrected chi connectivity index (χ4v) is 6.03. The number of nitrogens with zero attached hydrogens (tertiary/aromatic N) is 4. The molecular weight excluding hydrogens is 412 g/mol. The topological polar surface area (TPSA) is 93.8 Å². The minimum atomic E-state index is -3.58. The number of sulfonamides is 1. The highest BCUT2D eigenvalue weighted by Crippen LogP contribution is 2.53. The van der Waals surface area contributed by atoms with Crippen molar-refractivity contribution in [2.24, 2.45) is 7.05 Å². The molecule has 1 aliphatic carbocycles. The van der Waals surface area contributed by atoms with E-state index in [-0.39, 0.29) is 22.9 Å². The number of rotatable bonds is 7. The number of fused-ring (bicyclic) bond motifs is 1. The molecule has 2 N–H and O–H groups in total. The second kappa shape index (κ2) is 7.89. The molecule has 2 aromatic heterocycles. The molecule has 1 aromatic carbocycles. The molecular formula is C22H28N6O2S. The predicted molar refractivity (Wildman–Crippen MR) is 117 cm³/mol. The second-order valence-electron chi connectivity index (χ2n) is 8.54. The lowest BCUT2D eigenvalue weighted by Gasteiger charge is -2.50. The van der Waals surface area contributed by atoms with Crippen LogP contribution in [-0.4, -0.2) is 41.1 Å². The van der Waals surface area contributed by atoms with Gasteiger partial charge in [0.1, 0.15) is 4.90 Å². The van der Waals surface area contributed by atoms with Gasteiger partial charge in [-0.2, -0.15) is 10.2 Å². The van der Waals surface area contributed by atoms with Crippen LogP contribution in [0.1, 0.15) is 42.1 Å². The molecule has 0 spiro atoms. The first-order valence-electron chi connectivity index (χ1n) is 10.8. The summed E-state index contributed by atoms with van der Waals surface area (Å²) < 4.78 is 31.2. The van der Waals surface area contributed by atoms with Gasteiger partial charge < -0.3 is 5.32 Å². The Morgan fingerprint density at radius 3 is 2.68 bits per heavy atom. The molecule has 1 fully saturated rings. The lowest BCUT2D eigenvalue weighted by Crippen LogP contribution is -2.50. The van der Waals surface area contributed by atoms with Crippen LogP contribution in [0.4, 0.5) is 0 Å². The van der Waals surface area contributed by atoms with Crippen LogP contribution in [0.15, 0.2) is 53.8 Å². The van der Waals surface area contributed by atoms with Crippen molar-refractivity contribution in [1.29, 1.82) is 0 Å². The fraction of sp³-hybridized carbons (Fsp3) is 0.455. The molecule has 2 aliphatic rings. The Morgan fingerprint density at radius 1 is 1.19 bits per heavy atom. The summed E-state index contributed by atoms with van der Waals surface area (Å²) >= 11 is 0. The van der Waals surface area contributed by atoms with Gasteiger partial charge in [0.05, 0.1) is 30.7 Å². The molecule has 9 heteroatoms. The Morgan fingerprint density at radius 2 is 2.00 bits per heavy atom. The summed E-state index contributed by atoms with van der Waals surface area (Å²) in [7, 11) is -1.88. The van der Waals surface area contributed by atoms with Gasteiger partial charge in [-0.3, -0.25) is 9.36 Å². The van der Waals surface area contributed by atoms with Crippen LogP contribution in [0, 0.1) is 0 Å². The number of nitrogens with one attached hydrogen (secondary N) is 2. The van der Waals surface area contributed by atoms with E-state index in [1.165, 1.54) is 40.3 Å². The van der Waals surface area contributed by atoms with E-state index in [0.717, 1.165) is 25.8 Å². The summed E-state index contributed by atoms with van der Waals surface area (Å²) in [4.78, 5) is 0.175. The standard InChI is InChI=1S/C22H28N6O2S/c1-27-16-19(15-24-27)31(29,30)26-12-13-28-20-17(14-25-28)8-11-23-21(20)22(9-5-10-22)18-6-3-2-4-7-18/h2-4,6-7,14-16,21,23,26H,5,8-13H2,1H3. The van der Waals surface area contributed by atoms with Gasteiger partial charge in [0, 0.05) is 25.2 Å². The van der Waals surface area contributed by atoms with Crippen molar-refractivity contribution in [3.05, 3.63) is 65.7 Å². The molecule has 0 bridgehead atoms. The molecule has 1 saturated carbocycles. The van der Waals surface area contributed by atoms with Crippen LogP contribution in [-0.2, 0) is 35.5 Å². The lowest BCUT2D eigenvalue weighted by atomic mass is 9.58. The normalized spacial score (nSPS) is 20.2. The van der Waals surface area contributed by atoms with Crippen LogP contribution in [0.25, 0.3) is 0 Å². The number of hydrogen-bond donors (Lipinski definition) is 2. The third-order valence-corrected chi connectivity index (χ3v) is 8.15. The summed E-state index contributed by atoms with van der Waals surface area (Å²) in [6.45, 7) is 1.69. The van der Waals surface area contributed by atoms with E-state index >= 15 is 0 Å². The van der Waals surface area contributed by atoms with Crippen LogP contribution < -0.4 is 10.0 Å². The number of aryl methyl sites for hydroxylation is 1. The molecule has 0 saturated heterocycles. The van der Waals surface area contributed by atoms with E-state index in [1.54, 1.807) is 7.05 Å². The van der Waals surface area contributed by atoms with Crippen molar-refractivity contribution in [3.63, 3.8) is 0 Å². The predicted octanol–water partition coefficient (Wildman–Crippen LogP) is 1.90. The second-order valence-corrected chi connectivity index (χ2v) is 10.3. The molecule has 3 aromatic rings. The highest BCUT2D eigenvalue weighted by Gasteiger charge is 2.48. The first-order valence-corrected chi connectivity index (χ1v) is 12.3. The largest absolute Gasteiger partial charge is 0.308 e. The number of benzene rings is 1. The molecule has 3 heterocycles. The fourth-order valence-electron chi connectivity index (χ4n) is 5.02. The molecule has 0 radical (unpaired) electrons. The zero-order valence-electron chi connectivity index (χ0n) is 17.7. The Hall–Kier alpha value is -2.49. The van der Waals surface area contributed by atoms with E-state index in [1.807, 2.05) is 10.9 Å². The molecule has 1 atom stereocenters. The van der Waals surface area contributed by atoms with E-state index in [9.17, 15) is 8.42 Å². The van der Waals surface area contributed by atoms with Crippen molar-refractivity contribution in [3.8, 4) is 0 Å². The average Bonchev–Trinajstić information content (AvgIpc) is 3.35. The van der Waals surface area contributed by atoms with Gasteiger partial charge >= 0.3 is 0 Å². The highest BCUT2D eigenvalue weighted by atomic mass is 32.2. The van der Waals surface area contributed by atoms with E-state index in [0.29, 0.717) is 6.54 Å². The van der Waals surface area contributed by atoms with Gasteiger partial charge in [0.25, 0.3) is 0 Å². The Bertz CT molecular complexity index is 1160. The van der Waals surface area contributed by atoms with Crippen LogP contribution in [0.2, 0.25) is 0 Å². The molecule has 1 aliphatic heterocycles. The molecule has 31 heavy (non-hydrogen) atoms. The molecule has 5 rings (SSSR count). The van der Waals surface area contributed by atoms with Crippen LogP contribution >= 0.6 is 0 Å². The van der Waals surface area contributed by atoms with Gasteiger partial charge in [0.2, 0.25) is 10.0 Å². The van der Waals surface area contributed by atoms with Crippen LogP contribution in [0.3, 0.4) is 0 Å². The summed E-state index contributed by atoms with van der Waals surface area (Å²) in [5, 5.41) is 12.4. The maximum atomic E-state index is 12.5. The maximum absolute atomic E-state index is 12.5. The third kappa shape index (κ3) is 3.60. The van der Waals surface area contributed by atoms with Crippen molar-refractivity contribution in [2.45, 2.75) is 48.6 Å². The molecule has 0 amide bonds. The number of hydrogen-bond acceptors (Lipinski definition) is 5. The van der Waals surface area contributed by atoms with Crippen molar-refractivity contribution < 1.29 is 8.42 Å². The zero-order valence-corrected chi connectivity index (χ0v) is 18.5. The quantitative estimate of drug-likeness (QED) is 0.585. The van der Waals surface area contributed by atoms with Gasteiger partial charge in [0.15, 0.2) is 0 Å². The Balaban J connectivity index is 1.38. The SMILES string of the molecule is Cn1cc(S(=O)(=O)NCCn2ncc3c2C(C2(c4ccccc4)CCC2)NCC3)cn1. The molecule has 1 unspecified atom stereocenters. The number of aromatic nitrogens is 4. The van der Waals surface area contributed by atoms with E-state index in [2.05, 4.69) is 50.6 Å². The van der Waals surface area contributed by atoms with Gasteiger partial charge in [-0.1, -0.05) is 36.8 Å². The minimum Gasteiger partial charge on any atom is -0.308 e. The van der Waals surface area contributed by atoms with E-state index in [4.69, 9.17) is 0 Å². The minimum absolute atomic E-state index is 0.0728. The van der Waals surface area contributed by atoms with Crippen LogP contribution in [0.5, 0.6) is 0 Å². The van der Waals surface area contributed by atoms with Gasteiger partial charge in [-0.05, 0) is 36.9 Å². The van der Waals surface area contributed by atoms with Crippen molar-refractivity contribution in [1.82, 2.24) is 29.6 Å². The smallest absolute Gasteiger partial charge is 0.243 e. The van der Waals surface area contributed by atoms with Crippen molar-refractivity contribution >= 4 is 10.0 Å². The average molecular weight is 441 g/mol.